The van der Waals surface area contributed by atoms with Crippen LogP contribution in [0, 0.1) is 6.92 Å². The van der Waals surface area contributed by atoms with Gasteiger partial charge in [-0.1, -0.05) is 30.3 Å². The van der Waals surface area contributed by atoms with Crippen molar-refractivity contribution in [3.8, 4) is 0 Å². The van der Waals surface area contributed by atoms with Crippen LogP contribution in [0.1, 0.15) is 46.1 Å². The average molecular weight is 406 g/mol. The van der Waals surface area contributed by atoms with Crippen molar-refractivity contribution in [2.45, 2.75) is 26.3 Å². The molecule has 4 aromatic rings. The zero-order valence-corrected chi connectivity index (χ0v) is 17.1. The molecule has 0 aliphatic carbocycles. The Balaban J connectivity index is 1.55. The maximum atomic E-state index is 12.8. The normalized spacial score (nSPS) is 11.6. The molecule has 0 radical (unpaired) electrons. The number of nitrogens with zero attached hydrogens (tertiary/aromatic N) is 3. The van der Waals surface area contributed by atoms with E-state index in [4.69, 9.17) is 4.42 Å². The third kappa shape index (κ3) is 3.57. The first-order valence-corrected chi connectivity index (χ1v) is 9.42. The van der Waals surface area contributed by atoms with E-state index in [0.717, 1.165) is 11.3 Å². The van der Waals surface area contributed by atoms with Gasteiger partial charge in [-0.2, -0.15) is 10.2 Å². The summed E-state index contributed by atoms with van der Waals surface area (Å²) in [7, 11) is 1.69. The molecule has 9 nitrogen and oxygen atoms in total. The minimum atomic E-state index is -0.592. The van der Waals surface area contributed by atoms with Crippen LogP contribution in [0.2, 0.25) is 0 Å². The van der Waals surface area contributed by atoms with Gasteiger partial charge in [0, 0.05) is 13.1 Å². The summed E-state index contributed by atoms with van der Waals surface area (Å²) in [6.45, 7) is 5.63. The number of aromatic amines is 1. The van der Waals surface area contributed by atoms with E-state index >= 15 is 0 Å². The van der Waals surface area contributed by atoms with Gasteiger partial charge in [-0.3, -0.25) is 19.4 Å². The number of rotatable bonds is 5. The van der Waals surface area contributed by atoms with Crippen LogP contribution in [-0.2, 0) is 12.6 Å². The molecule has 3 heterocycles. The van der Waals surface area contributed by atoms with Crippen LogP contribution in [0.5, 0.6) is 0 Å². The topological polar surface area (TPSA) is 118 Å². The summed E-state index contributed by atoms with van der Waals surface area (Å²) >= 11 is 0. The van der Waals surface area contributed by atoms with Gasteiger partial charge in [0.25, 0.3) is 11.8 Å². The first-order valence-electron chi connectivity index (χ1n) is 9.42. The van der Waals surface area contributed by atoms with Crippen LogP contribution in [0.4, 0.5) is 5.82 Å². The van der Waals surface area contributed by atoms with E-state index in [2.05, 4.69) is 25.9 Å². The second-order valence-corrected chi connectivity index (χ2v) is 7.62. The molecule has 9 heteroatoms. The van der Waals surface area contributed by atoms with E-state index in [1.165, 1.54) is 4.68 Å². The van der Waals surface area contributed by atoms with Crippen LogP contribution in [0.15, 0.2) is 46.9 Å². The Bertz CT molecular complexity index is 1230. The lowest BCUT2D eigenvalue weighted by Gasteiger charge is -2.26. The molecule has 4 rings (SSSR count). The van der Waals surface area contributed by atoms with Gasteiger partial charge in [-0.25, -0.2) is 0 Å². The van der Waals surface area contributed by atoms with Crippen molar-refractivity contribution in [2.75, 3.05) is 5.32 Å². The second-order valence-electron chi connectivity index (χ2n) is 7.62. The number of H-pyrrole nitrogens is 1. The summed E-state index contributed by atoms with van der Waals surface area (Å²) in [6.07, 6.45) is 0. The Hall–Kier alpha value is -3.88. The number of fused-ring (bicyclic) bond motifs is 1. The Morgan fingerprint density at radius 2 is 1.87 bits per heavy atom. The lowest BCUT2D eigenvalue weighted by atomic mass is 9.94. The minimum absolute atomic E-state index is 0.120. The maximum Gasteiger partial charge on any atom is 0.287 e. The maximum absolute atomic E-state index is 12.8. The molecule has 0 aliphatic heterocycles. The molecule has 0 unspecified atom stereocenters. The largest absolute Gasteiger partial charge is 0.445 e. The van der Waals surface area contributed by atoms with E-state index in [-0.39, 0.29) is 23.4 Å². The number of benzene rings is 1. The van der Waals surface area contributed by atoms with Crippen molar-refractivity contribution >= 4 is 28.7 Å². The van der Waals surface area contributed by atoms with Gasteiger partial charge in [0.1, 0.15) is 11.2 Å². The van der Waals surface area contributed by atoms with E-state index in [0.29, 0.717) is 16.8 Å². The van der Waals surface area contributed by atoms with Crippen molar-refractivity contribution < 1.29 is 14.0 Å². The molecular weight excluding hydrogens is 384 g/mol. The lowest BCUT2D eigenvalue weighted by molar-refractivity contribution is 0.0885. The van der Waals surface area contributed by atoms with Gasteiger partial charge in [0.15, 0.2) is 17.2 Å². The molecule has 1 aromatic carbocycles. The summed E-state index contributed by atoms with van der Waals surface area (Å²) in [5.74, 6) is -0.420. The van der Waals surface area contributed by atoms with E-state index < -0.39 is 5.54 Å². The number of furan rings is 1. The number of nitrogens with one attached hydrogen (secondary N) is 3. The molecule has 3 aromatic heterocycles. The highest BCUT2D eigenvalue weighted by atomic mass is 16.3. The molecule has 0 bridgehead atoms. The van der Waals surface area contributed by atoms with Gasteiger partial charge in [-0.05, 0) is 32.4 Å². The number of aryl methyl sites for hydroxylation is 2. The molecule has 0 atom stereocenters. The van der Waals surface area contributed by atoms with Crippen molar-refractivity contribution in [3.05, 3.63) is 65.2 Å². The standard InChI is InChI=1S/C21H22N6O3/c1-12-10-15(27(4)26-12)19(28)22-18-17-14(24-25-18)11-16(30-17)20(29)23-21(2,3)13-8-6-5-7-9-13/h5-11H,1-4H3,(H,23,29)(H2,22,24,25,28). The Labute approximate surface area is 172 Å². The summed E-state index contributed by atoms with van der Waals surface area (Å²) in [4.78, 5) is 25.3. The summed E-state index contributed by atoms with van der Waals surface area (Å²) in [6, 6.07) is 12.9. The van der Waals surface area contributed by atoms with Gasteiger partial charge in [0.2, 0.25) is 0 Å². The third-order valence-corrected chi connectivity index (χ3v) is 4.85. The van der Waals surface area contributed by atoms with Crippen LogP contribution < -0.4 is 10.6 Å². The lowest BCUT2D eigenvalue weighted by Crippen LogP contribution is -2.40. The van der Waals surface area contributed by atoms with Crippen LogP contribution in [0.25, 0.3) is 11.1 Å². The highest BCUT2D eigenvalue weighted by Gasteiger charge is 2.26. The Morgan fingerprint density at radius 3 is 2.53 bits per heavy atom. The van der Waals surface area contributed by atoms with Gasteiger partial charge < -0.3 is 15.1 Å². The zero-order valence-electron chi connectivity index (χ0n) is 17.1. The molecule has 2 amide bonds. The van der Waals surface area contributed by atoms with Crippen molar-refractivity contribution in [3.63, 3.8) is 0 Å². The van der Waals surface area contributed by atoms with Gasteiger partial charge >= 0.3 is 0 Å². The third-order valence-electron chi connectivity index (χ3n) is 4.85. The Morgan fingerprint density at radius 1 is 1.13 bits per heavy atom. The van der Waals surface area contributed by atoms with Crippen molar-refractivity contribution in [1.29, 1.82) is 0 Å². The first-order chi connectivity index (χ1) is 14.2. The molecule has 0 fully saturated rings. The molecule has 0 saturated heterocycles. The van der Waals surface area contributed by atoms with Crippen LogP contribution in [-0.4, -0.2) is 31.8 Å². The fourth-order valence-corrected chi connectivity index (χ4v) is 3.28. The van der Waals surface area contributed by atoms with Gasteiger partial charge in [-0.15, -0.1) is 0 Å². The van der Waals surface area contributed by atoms with E-state index in [1.54, 1.807) is 26.1 Å². The number of hydrogen-bond acceptors (Lipinski definition) is 5. The first kappa shape index (κ1) is 19.4. The quantitative estimate of drug-likeness (QED) is 0.471. The van der Waals surface area contributed by atoms with E-state index in [9.17, 15) is 9.59 Å². The summed E-state index contributed by atoms with van der Waals surface area (Å²) in [5.41, 5.74) is 2.30. The molecule has 0 saturated carbocycles. The number of carbonyl (C=O) groups excluding carboxylic acids is 2. The number of anilines is 1. The minimum Gasteiger partial charge on any atom is -0.445 e. The second kappa shape index (κ2) is 7.18. The molecule has 3 N–H and O–H groups in total. The monoisotopic (exact) mass is 406 g/mol. The molecular formula is C21H22N6O3. The SMILES string of the molecule is Cc1cc(C(=O)Nc2n[nH]c3cc(C(=O)NC(C)(C)c4ccccc4)oc23)n(C)n1. The van der Waals surface area contributed by atoms with Crippen molar-refractivity contribution in [2.24, 2.45) is 7.05 Å². The summed E-state index contributed by atoms with van der Waals surface area (Å²) in [5, 5.41) is 16.7. The highest BCUT2D eigenvalue weighted by Crippen LogP contribution is 2.26. The molecule has 0 aliphatic rings. The number of carbonyl (C=O) groups is 2. The van der Waals surface area contributed by atoms with Crippen LogP contribution >= 0.6 is 0 Å². The fourth-order valence-electron chi connectivity index (χ4n) is 3.28. The number of amides is 2. The molecule has 30 heavy (non-hydrogen) atoms. The molecule has 154 valence electrons. The van der Waals surface area contributed by atoms with E-state index in [1.807, 2.05) is 44.2 Å². The van der Waals surface area contributed by atoms with Gasteiger partial charge in [0.05, 0.1) is 11.2 Å². The molecule has 0 spiro atoms. The zero-order chi connectivity index (χ0) is 21.5. The smallest absolute Gasteiger partial charge is 0.287 e. The number of hydrogen-bond donors (Lipinski definition) is 3. The predicted octanol–water partition coefficient (Wildman–Crippen LogP) is 3.12. The fraction of sp³-hybridized carbons (Fsp3) is 0.238. The number of aromatic nitrogens is 4. The highest BCUT2D eigenvalue weighted by molar-refractivity contribution is 6.06. The average Bonchev–Trinajstić information content (AvgIpc) is 3.37. The predicted molar refractivity (Wildman–Crippen MR) is 111 cm³/mol. The van der Waals surface area contributed by atoms with Crippen LogP contribution in [0.3, 0.4) is 0 Å². The van der Waals surface area contributed by atoms with Crippen molar-refractivity contribution in [1.82, 2.24) is 25.3 Å². The Kier molecular flexibility index (Phi) is 4.65. The summed E-state index contributed by atoms with van der Waals surface area (Å²) < 4.78 is 7.20.